The molecule has 3 heterocycles. The first-order valence-electron chi connectivity index (χ1n) is 17.0. The van der Waals surface area contributed by atoms with Gasteiger partial charge in [0, 0.05) is 43.2 Å². The molecule has 1 N–H and O–H groups in total. The molecule has 2 aromatic carbocycles. The molecule has 0 radical (unpaired) electrons. The van der Waals surface area contributed by atoms with E-state index >= 15 is 0 Å². The van der Waals surface area contributed by atoms with E-state index in [4.69, 9.17) is 4.74 Å². The largest absolute Gasteiger partial charge is 0.394 e. The van der Waals surface area contributed by atoms with Crippen molar-refractivity contribution >= 4 is 34.8 Å². The lowest BCUT2D eigenvalue weighted by molar-refractivity contribution is -0.144. The van der Waals surface area contributed by atoms with Crippen molar-refractivity contribution in [1.82, 2.24) is 4.90 Å². The van der Waals surface area contributed by atoms with Crippen LogP contribution in [-0.2, 0) is 19.1 Å². The maximum Gasteiger partial charge on any atom is 0.253 e. The molecule has 252 valence electrons. The third kappa shape index (κ3) is 6.11. The lowest BCUT2D eigenvalue weighted by atomic mass is 9.70. The van der Waals surface area contributed by atoms with E-state index in [0.717, 1.165) is 18.8 Å². The zero-order valence-electron chi connectivity index (χ0n) is 28.3. The minimum atomic E-state index is -1.19. The molecule has 0 aromatic heterocycles. The highest BCUT2D eigenvalue weighted by molar-refractivity contribution is 6.06. The second-order valence-electron chi connectivity index (χ2n) is 13.3. The zero-order chi connectivity index (χ0) is 33.9. The van der Waals surface area contributed by atoms with Crippen LogP contribution in [0.5, 0.6) is 0 Å². The summed E-state index contributed by atoms with van der Waals surface area (Å²) < 4.78 is 6.76. The number of para-hydroxylation sites is 1. The fraction of sp³-hybridized carbons (Fsp3) is 0.500. The summed E-state index contributed by atoms with van der Waals surface area (Å²) in [4.78, 5) is 51.3. The molecule has 2 bridgehead atoms. The van der Waals surface area contributed by atoms with Gasteiger partial charge < -0.3 is 29.4 Å². The highest BCUT2D eigenvalue weighted by atomic mass is 16.5. The summed E-state index contributed by atoms with van der Waals surface area (Å²) in [5.74, 6) is -2.27. The van der Waals surface area contributed by atoms with Gasteiger partial charge in [0.25, 0.3) is 5.91 Å². The number of ether oxygens (including phenoxy) is 1. The maximum absolute atomic E-state index is 15.0. The van der Waals surface area contributed by atoms with Crippen molar-refractivity contribution in [3.05, 3.63) is 79.9 Å². The van der Waals surface area contributed by atoms with Gasteiger partial charge in [-0.15, -0.1) is 13.2 Å². The van der Waals surface area contributed by atoms with Crippen molar-refractivity contribution in [2.45, 2.75) is 70.7 Å². The smallest absolute Gasteiger partial charge is 0.253 e. The lowest BCUT2D eigenvalue weighted by Gasteiger charge is -2.39. The highest BCUT2D eigenvalue weighted by Crippen LogP contribution is 2.59. The molecule has 3 aliphatic heterocycles. The van der Waals surface area contributed by atoms with E-state index in [0.29, 0.717) is 30.6 Å². The number of fused-ring (bicyclic) bond motifs is 1. The number of nitrogens with zero attached hydrogens (tertiary/aromatic N) is 4. The van der Waals surface area contributed by atoms with E-state index in [1.165, 1.54) is 0 Å². The van der Waals surface area contributed by atoms with Gasteiger partial charge in [0.2, 0.25) is 11.8 Å². The minimum absolute atomic E-state index is 0.154. The number of anilines is 3. The molecule has 2 aromatic rings. The van der Waals surface area contributed by atoms with Crippen molar-refractivity contribution in [1.29, 1.82) is 0 Å². The van der Waals surface area contributed by atoms with Gasteiger partial charge in [0.15, 0.2) is 0 Å². The number of likely N-dealkylation sites (tertiary alicyclic amines) is 1. The number of aliphatic hydroxyl groups excluding tert-OH is 1. The first-order chi connectivity index (χ1) is 22.7. The van der Waals surface area contributed by atoms with Gasteiger partial charge in [0.05, 0.1) is 30.6 Å². The van der Waals surface area contributed by atoms with Crippen LogP contribution in [-0.4, -0.2) is 84.3 Å². The Balaban J connectivity index is 1.58. The van der Waals surface area contributed by atoms with Crippen molar-refractivity contribution in [2.24, 2.45) is 17.8 Å². The van der Waals surface area contributed by atoms with E-state index < -0.39 is 35.6 Å². The summed E-state index contributed by atoms with van der Waals surface area (Å²) in [5, 5.41) is 10.7. The number of hydrogen-bond acceptors (Lipinski definition) is 6. The van der Waals surface area contributed by atoms with Gasteiger partial charge in [-0.3, -0.25) is 14.4 Å². The molecule has 2 unspecified atom stereocenters. The first kappa shape index (κ1) is 34.4. The molecule has 47 heavy (non-hydrogen) atoms. The summed E-state index contributed by atoms with van der Waals surface area (Å²) >= 11 is 0. The summed E-state index contributed by atoms with van der Waals surface area (Å²) in [5.41, 5.74) is 1.26. The predicted octanol–water partition coefficient (Wildman–Crippen LogP) is 5.05. The number of amides is 3. The van der Waals surface area contributed by atoms with Crippen molar-refractivity contribution < 1.29 is 24.2 Å². The number of rotatable bonds is 15. The second kappa shape index (κ2) is 14.4. The number of aliphatic hydroxyl groups is 1. The molecule has 3 saturated heterocycles. The minimum Gasteiger partial charge on any atom is -0.394 e. The van der Waals surface area contributed by atoms with Crippen LogP contribution in [0.4, 0.5) is 17.1 Å². The summed E-state index contributed by atoms with van der Waals surface area (Å²) in [6, 6.07) is 15.6. The molecule has 1 spiro atoms. The Bertz CT molecular complexity index is 1440. The zero-order valence-corrected chi connectivity index (χ0v) is 28.3. The Hall–Kier alpha value is -3.95. The number of benzene rings is 2. The molecule has 3 fully saturated rings. The van der Waals surface area contributed by atoms with Gasteiger partial charge in [-0.05, 0) is 75.4 Å². The Kier molecular flexibility index (Phi) is 10.6. The fourth-order valence-electron chi connectivity index (χ4n) is 8.14. The van der Waals surface area contributed by atoms with Gasteiger partial charge in [0.1, 0.15) is 11.6 Å². The summed E-state index contributed by atoms with van der Waals surface area (Å²) in [6.07, 6.45) is 4.39. The van der Waals surface area contributed by atoms with E-state index in [9.17, 15) is 19.5 Å². The number of carbonyl (C=O) groups excluding carboxylic acids is 3. The molecular formula is C38H50N4O5. The van der Waals surface area contributed by atoms with Crippen LogP contribution in [0.15, 0.2) is 79.9 Å². The molecule has 9 heteroatoms. The van der Waals surface area contributed by atoms with Gasteiger partial charge >= 0.3 is 0 Å². The SMILES string of the molecule is C=CCN(C(=O)C1N([C@@H](CO)CC(C)C)C(=O)[C@@H]2[C@H](C(=O)N(CC=C)c3ccccc3)[C@@H]3CCC12O3)c1ccc(N(CC)CC)cc1. The average molecular weight is 643 g/mol. The number of carbonyl (C=O) groups is 3. The van der Waals surface area contributed by atoms with E-state index in [1.54, 1.807) is 26.9 Å². The molecule has 9 nitrogen and oxygen atoms in total. The normalized spacial score (nSPS) is 25.1. The van der Waals surface area contributed by atoms with Crippen molar-refractivity contribution in [2.75, 3.05) is 47.5 Å². The van der Waals surface area contributed by atoms with Crippen LogP contribution in [0.3, 0.4) is 0 Å². The Labute approximate surface area is 279 Å². The topological polar surface area (TPSA) is 93.6 Å². The van der Waals surface area contributed by atoms with Crippen LogP contribution in [0.1, 0.15) is 47.0 Å². The fourth-order valence-corrected chi connectivity index (χ4v) is 8.14. The van der Waals surface area contributed by atoms with Gasteiger partial charge in [-0.1, -0.05) is 44.2 Å². The van der Waals surface area contributed by atoms with Crippen molar-refractivity contribution in [3.63, 3.8) is 0 Å². The van der Waals surface area contributed by atoms with Crippen molar-refractivity contribution in [3.8, 4) is 0 Å². The predicted molar refractivity (Wildman–Crippen MR) is 186 cm³/mol. The Morgan fingerprint density at radius 2 is 1.53 bits per heavy atom. The molecule has 3 amide bonds. The average Bonchev–Trinajstić information content (AvgIpc) is 3.73. The molecule has 3 aliphatic rings. The van der Waals surface area contributed by atoms with E-state index in [-0.39, 0.29) is 43.3 Å². The lowest BCUT2D eigenvalue weighted by Crippen LogP contribution is -2.59. The number of hydrogen-bond donors (Lipinski definition) is 1. The molecule has 5 rings (SSSR count). The standard InChI is InChI=1S/C38H50N4O5/c1-7-22-40(28-14-12-11-13-15-28)35(44)32-31-20-21-38(47-31)33(32)36(45)42(30(25-43)24-26(5)6)34(38)37(46)41(23-8-2)29-18-16-27(17-19-29)39(9-3)10-4/h7-8,11-19,26,30-34,43H,1-2,9-10,20-25H2,3-6H3/t30-,31+,32-,33+,34?,38?/m1/s1. The second-order valence-corrected chi connectivity index (χ2v) is 13.3. The Morgan fingerprint density at radius 3 is 2.09 bits per heavy atom. The maximum atomic E-state index is 15.0. The monoisotopic (exact) mass is 642 g/mol. The highest BCUT2D eigenvalue weighted by Gasteiger charge is 2.75. The van der Waals surface area contributed by atoms with Crippen LogP contribution >= 0.6 is 0 Å². The molecule has 0 saturated carbocycles. The quantitative estimate of drug-likeness (QED) is 0.274. The summed E-state index contributed by atoms with van der Waals surface area (Å²) in [6.45, 7) is 18.0. The van der Waals surface area contributed by atoms with Gasteiger partial charge in [-0.25, -0.2) is 0 Å². The third-order valence-corrected chi connectivity index (χ3v) is 10.1. The molecule has 0 aliphatic carbocycles. The van der Waals surface area contributed by atoms with Crippen LogP contribution in [0, 0.1) is 17.8 Å². The van der Waals surface area contributed by atoms with Crippen LogP contribution in [0.2, 0.25) is 0 Å². The van der Waals surface area contributed by atoms with Crippen LogP contribution in [0.25, 0.3) is 0 Å². The Morgan fingerprint density at radius 1 is 0.957 bits per heavy atom. The van der Waals surface area contributed by atoms with Crippen LogP contribution < -0.4 is 14.7 Å². The van der Waals surface area contributed by atoms with E-state index in [1.807, 2.05) is 68.4 Å². The third-order valence-electron chi connectivity index (χ3n) is 10.1. The van der Waals surface area contributed by atoms with Gasteiger partial charge in [-0.2, -0.15) is 0 Å². The molecular weight excluding hydrogens is 592 g/mol. The van der Waals surface area contributed by atoms with E-state index in [2.05, 4.69) is 31.9 Å². The first-order valence-corrected chi connectivity index (χ1v) is 17.0. The molecule has 6 atom stereocenters. The summed E-state index contributed by atoms with van der Waals surface area (Å²) in [7, 11) is 0.